The van der Waals surface area contributed by atoms with Gasteiger partial charge in [-0.1, -0.05) is 31.5 Å². The molecule has 1 amide bonds. The van der Waals surface area contributed by atoms with Gasteiger partial charge in [-0.05, 0) is 80.6 Å². The number of hydrogen-bond donors (Lipinski definition) is 1. The second-order valence-electron chi connectivity index (χ2n) is 6.51. The van der Waals surface area contributed by atoms with Gasteiger partial charge in [-0.15, -0.1) is 0 Å². The van der Waals surface area contributed by atoms with Crippen molar-refractivity contribution in [3.8, 4) is 11.8 Å². The zero-order valence-electron chi connectivity index (χ0n) is 15.3. The second kappa shape index (κ2) is 9.72. The molecule has 2 aromatic rings. The molecule has 27 heavy (non-hydrogen) atoms. The molecule has 6 heteroatoms. The monoisotopic (exact) mass is 490 g/mol. The lowest BCUT2D eigenvalue weighted by Crippen LogP contribution is -2.13. The van der Waals surface area contributed by atoms with E-state index in [9.17, 15) is 10.1 Å². The highest BCUT2D eigenvalue weighted by atomic mass is 79.9. The molecule has 2 rings (SSSR count). The molecule has 0 heterocycles. The SMILES string of the molecule is Cc1ccc(NC(=O)/C(C#N)=C/c2cc(Br)c(OCC(C)C)c(Br)c2)cc1. The van der Waals surface area contributed by atoms with E-state index in [1.54, 1.807) is 18.2 Å². The van der Waals surface area contributed by atoms with Crippen LogP contribution in [0, 0.1) is 24.2 Å². The van der Waals surface area contributed by atoms with E-state index in [4.69, 9.17) is 4.74 Å². The minimum absolute atomic E-state index is 0.0187. The molecule has 0 bridgehead atoms. The van der Waals surface area contributed by atoms with Crippen LogP contribution in [0.25, 0.3) is 6.08 Å². The van der Waals surface area contributed by atoms with Crippen molar-refractivity contribution < 1.29 is 9.53 Å². The molecule has 0 saturated heterocycles. The van der Waals surface area contributed by atoms with Crippen molar-refractivity contribution in [2.75, 3.05) is 11.9 Å². The van der Waals surface area contributed by atoms with Gasteiger partial charge in [0.2, 0.25) is 0 Å². The number of carbonyl (C=O) groups excluding carboxylic acids is 1. The maximum Gasteiger partial charge on any atom is 0.266 e. The number of carbonyl (C=O) groups is 1. The lowest BCUT2D eigenvalue weighted by Gasteiger charge is -2.13. The summed E-state index contributed by atoms with van der Waals surface area (Å²) in [5, 5.41) is 12.1. The van der Waals surface area contributed by atoms with Gasteiger partial charge in [0, 0.05) is 5.69 Å². The Morgan fingerprint density at radius 3 is 2.33 bits per heavy atom. The summed E-state index contributed by atoms with van der Waals surface area (Å²) in [7, 11) is 0. The van der Waals surface area contributed by atoms with Crippen LogP contribution >= 0.6 is 31.9 Å². The number of nitrogens with one attached hydrogen (secondary N) is 1. The van der Waals surface area contributed by atoms with Crippen molar-refractivity contribution in [2.45, 2.75) is 20.8 Å². The lowest BCUT2D eigenvalue weighted by molar-refractivity contribution is -0.112. The van der Waals surface area contributed by atoms with E-state index >= 15 is 0 Å². The topological polar surface area (TPSA) is 62.1 Å². The van der Waals surface area contributed by atoms with Gasteiger partial charge in [0.15, 0.2) is 0 Å². The third-order valence-electron chi connectivity index (χ3n) is 3.57. The second-order valence-corrected chi connectivity index (χ2v) is 8.22. The molecule has 0 fully saturated rings. The highest BCUT2D eigenvalue weighted by Crippen LogP contribution is 2.35. The van der Waals surface area contributed by atoms with Gasteiger partial charge >= 0.3 is 0 Å². The number of hydrogen-bond acceptors (Lipinski definition) is 3. The maximum atomic E-state index is 12.4. The molecule has 0 spiro atoms. The van der Waals surface area contributed by atoms with E-state index in [1.165, 1.54) is 0 Å². The van der Waals surface area contributed by atoms with Crippen LogP contribution in [0.15, 0.2) is 50.9 Å². The predicted molar refractivity (Wildman–Crippen MR) is 116 cm³/mol. The fourth-order valence-corrected chi connectivity index (χ4v) is 3.65. The quantitative estimate of drug-likeness (QED) is 0.392. The summed E-state index contributed by atoms with van der Waals surface area (Å²) in [6, 6.07) is 13.0. The van der Waals surface area contributed by atoms with Crippen molar-refractivity contribution in [1.82, 2.24) is 0 Å². The number of ether oxygens (including phenoxy) is 1. The number of benzene rings is 2. The smallest absolute Gasteiger partial charge is 0.266 e. The maximum absolute atomic E-state index is 12.4. The van der Waals surface area contributed by atoms with Crippen molar-refractivity contribution in [1.29, 1.82) is 5.26 Å². The van der Waals surface area contributed by atoms with Crippen LogP contribution in [-0.4, -0.2) is 12.5 Å². The van der Waals surface area contributed by atoms with Gasteiger partial charge < -0.3 is 10.1 Å². The molecule has 0 atom stereocenters. The minimum Gasteiger partial charge on any atom is -0.491 e. The summed E-state index contributed by atoms with van der Waals surface area (Å²) in [5.41, 5.74) is 2.47. The number of aryl methyl sites for hydroxylation is 1. The summed E-state index contributed by atoms with van der Waals surface area (Å²) < 4.78 is 7.29. The Morgan fingerprint density at radius 1 is 1.22 bits per heavy atom. The zero-order chi connectivity index (χ0) is 20.0. The first-order valence-corrected chi connectivity index (χ1v) is 10.0. The Labute approximate surface area is 176 Å². The van der Waals surface area contributed by atoms with Crippen LogP contribution in [0.5, 0.6) is 5.75 Å². The Morgan fingerprint density at radius 2 is 1.81 bits per heavy atom. The average Bonchev–Trinajstić information content (AvgIpc) is 2.60. The Bertz CT molecular complexity index is 874. The zero-order valence-corrected chi connectivity index (χ0v) is 18.5. The minimum atomic E-state index is -0.450. The molecule has 4 nitrogen and oxygen atoms in total. The van der Waals surface area contributed by atoms with Crippen molar-refractivity contribution in [2.24, 2.45) is 5.92 Å². The molecule has 140 valence electrons. The van der Waals surface area contributed by atoms with E-state index in [0.717, 1.165) is 14.5 Å². The van der Waals surface area contributed by atoms with Gasteiger partial charge in [0.25, 0.3) is 5.91 Å². The van der Waals surface area contributed by atoms with E-state index in [0.29, 0.717) is 29.5 Å². The van der Waals surface area contributed by atoms with E-state index < -0.39 is 5.91 Å². The molecule has 0 saturated carbocycles. The molecular formula is C21H20Br2N2O2. The Hall–Kier alpha value is -2.10. The van der Waals surface area contributed by atoms with E-state index in [2.05, 4.69) is 51.0 Å². The van der Waals surface area contributed by atoms with Crippen LogP contribution in [0.4, 0.5) is 5.69 Å². The summed E-state index contributed by atoms with van der Waals surface area (Å²) in [5.74, 6) is 0.649. The molecule has 0 aliphatic heterocycles. The highest BCUT2D eigenvalue weighted by Gasteiger charge is 2.13. The summed E-state index contributed by atoms with van der Waals surface area (Å²) in [4.78, 5) is 12.4. The number of nitrogens with zero attached hydrogens (tertiary/aromatic N) is 1. The van der Waals surface area contributed by atoms with Crippen LogP contribution in [-0.2, 0) is 4.79 Å². The highest BCUT2D eigenvalue weighted by molar-refractivity contribution is 9.11. The molecule has 2 aromatic carbocycles. The summed E-state index contributed by atoms with van der Waals surface area (Å²) in [6.07, 6.45) is 1.55. The van der Waals surface area contributed by atoms with E-state index in [1.807, 2.05) is 37.3 Å². The number of nitriles is 1. The van der Waals surface area contributed by atoms with Gasteiger partial charge in [-0.2, -0.15) is 5.26 Å². The predicted octanol–water partition coefficient (Wildman–Crippen LogP) is 6.10. The van der Waals surface area contributed by atoms with Gasteiger partial charge in [0.05, 0.1) is 15.6 Å². The fraction of sp³-hybridized carbons (Fsp3) is 0.238. The average molecular weight is 492 g/mol. The van der Waals surface area contributed by atoms with Crippen LogP contribution < -0.4 is 10.1 Å². The standard InChI is InChI=1S/C21H20Br2N2O2/c1-13(2)12-27-20-18(22)9-15(10-19(20)23)8-16(11-24)21(26)25-17-6-4-14(3)5-7-17/h4-10,13H,12H2,1-3H3,(H,25,26)/b16-8+. The summed E-state index contributed by atoms with van der Waals surface area (Å²) >= 11 is 6.98. The first kappa shape index (κ1) is 21.2. The van der Waals surface area contributed by atoms with Crippen molar-refractivity contribution >= 4 is 49.5 Å². The molecular weight excluding hydrogens is 472 g/mol. The number of anilines is 1. The van der Waals surface area contributed by atoms with Gasteiger partial charge in [-0.3, -0.25) is 4.79 Å². The first-order valence-electron chi connectivity index (χ1n) is 8.41. The van der Waals surface area contributed by atoms with Crippen LogP contribution in [0.3, 0.4) is 0 Å². The van der Waals surface area contributed by atoms with Crippen molar-refractivity contribution in [3.63, 3.8) is 0 Å². The lowest BCUT2D eigenvalue weighted by atomic mass is 10.1. The van der Waals surface area contributed by atoms with E-state index in [-0.39, 0.29) is 5.57 Å². The normalized spacial score (nSPS) is 11.2. The van der Waals surface area contributed by atoms with Crippen LogP contribution in [0.2, 0.25) is 0 Å². The first-order chi connectivity index (χ1) is 12.8. The molecule has 0 aromatic heterocycles. The molecule has 0 aliphatic carbocycles. The largest absolute Gasteiger partial charge is 0.491 e. The summed E-state index contributed by atoms with van der Waals surface area (Å²) in [6.45, 7) is 6.71. The third kappa shape index (κ3) is 6.23. The third-order valence-corrected chi connectivity index (χ3v) is 4.75. The fourth-order valence-electron chi connectivity index (χ4n) is 2.20. The number of amides is 1. The van der Waals surface area contributed by atoms with Gasteiger partial charge in [0.1, 0.15) is 17.4 Å². The van der Waals surface area contributed by atoms with Crippen molar-refractivity contribution in [3.05, 3.63) is 62.0 Å². The molecule has 1 N–H and O–H groups in total. The van der Waals surface area contributed by atoms with Crippen LogP contribution in [0.1, 0.15) is 25.0 Å². The molecule has 0 radical (unpaired) electrons. The van der Waals surface area contributed by atoms with Gasteiger partial charge in [-0.25, -0.2) is 0 Å². The molecule has 0 aliphatic rings. The Kier molecular flexibility index (Phi) is 7.64. The Balaban J connectivity index is 2.22. The number of rotatable bonds is 6. The number of halogens is 2. The molecule has 0 unspecified atom stereocenters.